The maximum Gasteiger partial charge on any atom is 0.244 e. The van der Waals surface area contributed by atoms with Crippen molar-refractivity contribution in [3.05, 3.63) is 101 Å². The van der Waals surface area contributed by atoms with Gasteiger partial charge in [-0.15, -0.1) is 0 Å². The van der Waals surface area contributed by atoms with Crippen molar-refractivity contribution in [3.63, 3.8) is 0 Å². The number of hydrogen-bond acceptors (Lipinski definition) is 5. The molecule has 1 aliphatic rings. The summed E-state index contributed by atoms with van der Waals surface area (Å²) < 4.78 is 0. The van der Waals surface area contributed by atoms with Gasteiger partial charge in [0.25, 0.3) is 0 Å². The van der Waals surface area contributed by atoms with Gasteiger partial charge < -0.3 is 10.0 Å². The number of benzene rings is 3. The van der Waals surface area contributed by atoms with Gasteiger partial charge in [0.05, 0.1) is 41.0 Å². The Bertz CT molecular complexity index is 1360. The Morgan fingerprint density at radius 1 is 0.889 bits per heavy atom. The second kappa shape index (κ2) is 9.59. The monoisotopic (exact) mass is 478 g/mol. The molecule has 0 spiro atoms. The minimum absolute atomic E-state index is 0.0706. The third-order valence-corrected chi connectivity index (χ3v) is 6.81. The lowest BCUT2D eigenvalue weighted by Crippen LogP contribution is -2.47. The van der Waals surface area contributed by atoms with Crippen LogP contribution in [0.1, 0.15) is 68.0 Å². The van der Waals surface area contributed by atoms with E-state index in [9.17, 15) is 20.4 Å². The van der Waals surface area contributed by atoms with Crippen molar-refractivity contribution in [2.24, 2.45) is 0 Å². The molecule has 0 unspecified atom stereocenters. The van der Waals surface area contributed by atoms with Crippen molar-refractivity contribution in [1.82, 2.24) is 5.32 Å². The predicted molar refractivity (Wildman–Crippen MR) is 139 cm³/mol. The minimum atomic E-state index is -0.974. The zero-order chi connectivity index (χ0) is 26.1. The Kier molecular flexibility index (Phi) is 6.69. The molecular weight excluding hydrogens is 448 g/mol. The lowest BCUT2D eigenvalue weighted by atomic mass is 9.88. The van der Waals surface area contributed by atoms with Gasteiger partial charge in [-0.25, -0.2) is 0 Å². The summed E-state index contributed by atoms with van der Waals surface area (Å²) in [5.41, 5.74) is 2.90. The molecule has 0 radical (unpaired) electrons. The zero-order valence-corrected chi connectivity index (χ0v) is 21.0. The van der Waals surface area contributed by atoms with Gasteiger partial charge in [0.1, 0.15) is 0 Å². The van der Waals surface area contributed by atoms with E-state index >= 15 is 0 Å². The Balaban J connectivity index is 1.69. The molecule has 36 heavy (non-hydrogen) atoms. The molecule has 2 N–H and O–H groups in total. The average molecular weight is 479 g/mol. The van der Waals surface area contributed by atoms with Crippen LogP contribution in [-0.2, 0) is 15.9 Å². The molecule has 0 aliphatic carbocycles. The fraction of sp³-hybridized carbons (Fsp3) is 0.300. The smallest absolute Gasteiger partial charge is 0.244 e. The van der Waals surface area contributed by atoms with Crippen molar-refractivity contribution in [3.8, 4) is 12.1 Å². The summed E-state index contributed by atoms with van der Waals surface area (Å²) in [6.45, 7) is 7.56. The zero-order valence-electron chi connectivity index (χ0n) is 21.0. The number of aliphatic hydroxyl groups is 1. The number of amides is 1. The molecule has 0 aromatic heterocycles. The molecule has 6 heteroatoms. The first-order chi connectivity index (χ1) is 17.0. The number of carbonyl (C=O) groups excluding carboxylic acids is 1. The molecule has 3 aromatic carbocycles. The van der Waals surface area contributed by atoms with E-state index in [1.807, 2.05) is 56.3 Å². The highest BCUT2D eigenvalue weighted by molar-refractivity contribution is 6.00. The van der Waals surface area contributed by atoms with Crippen molar-refractivity contribution >= 4 is 11.6 Å². The van der Waals surface area contributed by atoms with Gasteiger partial charge in [0.15, 0.2) is 0 Å². The number of anilines is 1. The number of carbonyl (C=O) groups is 1. The summed E-state index contributed by atoms with van der Waals surface area (Å²) in [6, 6.07) is 25.7. The standard InChI is InChI=1S/C30H30N4O2/c1-29(2,23-9-6-10-24(16-23)30(3,4)36)33-26-17-27(22-8-5-7-21(15-22)19-32)34(28(26)35)25-13-11-20(18-31)12-14-25/h5-16,26-27,33,36H,17H2,1-4H3/t26-,27-/m1/s1. The number of rotatable bonds is 6. The van der Waals surface area contributed by atoms with Gasteiger partial charge in [0, 0.05) is 11.2 Å². The first kappa shape index (κ1) is 25.1. The van der Waals surface area contributed by atoms with Crippen LogP contribution >= 0.6 is 0 Å². The van der Waals surface area contributed by atoms with E-state index in [4.69, 9.17) is 0 Å². The highest BCUT2D eigenvalue weighted by atomic mass is 16.3. The molecule has 0 bridgehead atoms. The van der Waals surface area contributed by atoms with Crippen LogP contribution < -0.4 is 10.2 Å². The Labute approximate surface area is 212 Å². The van der Waals surface area contributed by atoms with Crippen LogP contribution in [0.15, 0.2) is 72.8 Å². The molecule has 3 aromatic rings. The minimum Gasteiger partial charge on any atom is -0.386 e. The largest absolute Gasteiger partial charge is 0.386 e. The van der Waals surface area contributed by atoms with Crippen LogP contribution in [0.3, 0.4) is 0 Å². The quantitative estimate of drug-likeness (QED) is 0.518. The maximum absolute atomic E-state index is 13.8. The van der Waals surface area contributed by atoms with E-state index in [1.165, 1.54) is 0 Å². The highest BCUT2D eigenvalue weighted by Crippen LogP contribution is 2.39. The second-order valence-electron chi connectivity index (χ2n) is 10.3. The molecule has 0 saturated carbocycles. The molecule has 1 fully saturated rings. The first-order valence-electron chi connectivity index (χ1n) is 12.0. The summed E-state index contributed by atoms with van der Waals surface area (Å²) in [4.78, 5) is 15.6. The van der Waals surface area contributed by atoms with Crippen molar-refractivity contribution < 1.29 is 9.90 Å². The molecule has 1 saturated heterocycles. The average Bonchev–Trinajstić information content (AvgIpc) is 3.18. The predicted octanol–water partition coefficient (Wildman–Crippen LogP) is 5.03. The Morgan fingerprint density at radius 3 is 2.17 bits per heavy atom. The molecule has 1 amide bonds. The third-order valence-electron chi connectivity index (χ3n) is 6.81. The molecule has 6 nitrogen and oxygen atoms in total. The van der Waals surface area contributed by atoms with E-state index in [0.29, 0.717) is 23.2 Å². The van der Waals surface area contributed by atoms with E-state index in [2.05, 4.69) is 17.5 Å². The fourth-order valence-electron chi connectivity index (χ4n) is 4.78. The van der Waals surface area contributed by atoms with Crippen LogP contribution in [-0.4, -0.2) is 17.1 Å². The van der Waals surface area contributed by atoms with Gasteiger partial charge in [-0.2, -0.15) is 10.5 Å². The SMILES string of the molecule is CC(C)(O)c1cccc(C(C)(C)N[C@@H]2C[C@H](c3cccc(C#N)c3)N(c3ccc(C#N)cc3)C2=O)c1. The second-order valence-corrected chi connectivity index (χ2v) is 10.3. The number of hydrogen-bond donors (Lipinski definition) is 2. The molecule has 2 atom stereocenters. The number of nitrogens with zero attached hydrogens (tertiary/aromatic N) is 3. The Morgan fingerprint density at radius 2 is 1.53 bits per heavy atom. The summed E-state index contributed by atoms with van der Waals surface area (Å²) in [7, 11) is 0. The van der Waals surface area contributed by atoms with Crippen molar-refractivity contribution in [2.75, 3.05) is 4.90 Å². The summed E-state index contributed by atoms with van der Waals surface area (Å²) in [5, 5.41) is 32.7. The van der Waals surface area contributed by atoms with E-state index in [1.54, 1.807) is 49.1 Å². The summed E-state index contributed by atoms with van der Waals surface area (Å²) in [5.74, 6) is -0.0706. The van der Waals surface area contributed by atoms with Gasteiger partial charge in [-0.05, 0) is 87.2 Å². The van der Waals surface area contributed by atoms with Gasteiger partial charge in [0.2, 0.25) is 5.91 Å². The van der Waals surface area contributed by atoms with Crippen LogP contribution in [0, 0.1) is 22.7 Å². The maximum atomic E-state index is 13.8. The molecule has 1 aliphatic heterocycles. The molecule has 1 heterocycles. The molecular formula is C30H30N4O2. The van der Waals surface area contributed by atoms with Gasteiger partial charge >= 0.3 is 0 Å². The van der Waals surface area contributed by atoms with E-state index in [-0.39, 0.29) is 11.9 Å². The first-order valence-corrected chi connectivity index (χ1v) is 12.0. The van der Waals surface area contributed by atoms with Gasteiger partial charge in [-0.1, -0.05) is 36.4 Å². The number of nitrogens with one attached hydrogen (secondary N) is 1. The number of nitriles is 2. The van der Waals surface area contributed by atoms with Crippen LogP contribution in [0.5, 0.6) is 0 Å². The summed E-state index contributed by atoms with van der Waals surface area (Å²) >= 11 is 0. The highest BCUT2D eigenvalue weighted by Gasteiger charge is 2.43. The normalized spacial score (nSPS) is 18.1. The Hall–Kier alpha value is -3.97. The molecule has 4 rings (SSSR count). The van der Waals surface area contributed by atoms with E-state index < -0.39 is 17.2 Å². The lowest BCUT2D eigenvalue weighted by molar-refractivity contribution is -0.119. The summed E-state index contributed by atoms with van der Waals surface area (Å²) in [6.07, 6.45) is 0.516. The van der Waals surface area contributed by atoms with E-state index in [0.717, 1.165) is 16.7 Å². The van der Waals surface area contributed by atoms with Gasteiger partial charge in [-0.3, -0.25) is 10.1 Å². The van der Waals surface area contributed by atoms with Crippen LogP contribution in [0.25, 0.3) is 0 Å². The van der Waals surface area contributed by atoms with Crippen molar-refractivity contribution in [2.45, 2.75) is 57.3 Å². The topological polar surface area (TPSA) is 100 Å². The van der Waals surface area contributed by atoms with Crippen LogP contribution in [0.2, 0.25) is 0 Å². The van der Waals surface area contributed by atoms with Crippen molar-refractivity contribution in [1.29, 1.82) is 10.5 Å². The third kappa shape index (κ3) is 5.02. The lowest BCUT2D eigenvalue weighted by Gasteiger charge is -2.31. The molecule has 182 valence electrons. The fourth-order valence-corrected chi connectivity index (χ4v) is 4.78. The van der Waals surface area contributed by atoms with Crippen LogP contribution in [0.4, 0.5) is 5.69 Å².